The van der Waals surface area contributed by atoms with E-state index in [9.17, 15) is 0 Å². The standard InChI is InChI=1S/C54H37N5/c1-54(2)45-22-12-9-19-39(45)40-28-25-36(32-46(40)54)51-55-52(37-26-29-43-41-20-10-13-23-47(41)58(50(43)33-37)38-17-7-4-8-18-38)57-53(56-51)59-48-24-14-11-21-42(48)44-31-35(27-30-49(44)59)34-15-5-3-6-16-34/h3-33H,1-2H3. The fourth-order valence-electron chi connectivity index (χ4n) is 9.53. The molecule has 0 N–H and O–H groups in total. The van der Waals surface area contributed by atoms with Crippen LogP contribution in [-0.4, -0.2) is 24.1 Å². The minimum Gasteiger partial charge on any atom is -0.309 e. The van der Waals surface area contributed by atoms with Crippen molar-refractivity contribution in [2.24, 2.45) is 0 Å². The average molecular weight is 756 g/mol. The first-order valence-electron chi connectivity index (χ1n) is 20.2. The zero-order chi connectivity index (χ0) is 39.2. The minimum atomic E-state index is -0.167. The van der Waals surface area contributed by atoms with Crippen molar-refractivity contribution in [3.63, 3.8) is 0 Å². The van der Waals surface area contributed by atoms with E-state index in [1.165, 1.54) is 44.2 Å². The van der Waals surface area contributed by atoms with Crippen LogP contribution in [-0.2, 0) is 5.41 Å². The summed E-state index contributed by atoms with van der Waals surface area (Å²) in [6, 6.07) is 67.1. The molecule has 0 fully saturated rings. The third-order valence-corrected chi connectivity index (χ3v) is 12.4. The summed E-state index contributed by atoms with van der Waals surface area (Å²) in [4.78, 5) is 16.1. The van der Waals surface area contributed by atoms with Gasteiger partial charge >= 0.3 is 0 Å². The summed E-state index contributed by atoms with van der Waals surface area (Å²) in [5.74, 6) is 1.83. The maximum absolute atomic E-state index is 5.38. The predicted octanol–water partition coefficient (Wildman–Crippen LogP) is 13.4. The summed E-state index contributed by atoms with van der Waals surface area (Å²) >= 11 is 0. The minimum absolute atomic E-state index is 0.167. The first-order chi connectivity index (χ1) is 29.0. The highest BCUT2D eigenvalue weighted by atomic mass is 15.2. The lowest BCUT2D eigenvalue weighted by molar-refractivity contribution is 0.660. The number of aromatic nitrogens is 5. The lowest BCUT2D eigenvalue weighted by atomic mass is 9.82. The molecule has 0 spiro atoms. The van der Waals surface area contributed by atoms with Crippen LogP contribution in [0, 0.1) is 0 Å². The van der Waals surface area contributed by atoms with Gasteiger partial charge in [-0.15, -0.1) is 0 Å². The molecule has 5 heteroatoms. The van der Waals surface area contributed by atoms with Gasteiger partial charge in [0, 0.05) is 43.8 Å². The molecule has 0 radical (unpaired) electrons. The topological polar surface area (TPSA) is 48.5 Å². The molecule has 8 aromatic carbocycles. The van der Waals surface area contributed by atoms with Crippen LogP contribution in [0.4, 0.5) is 0 Å². The van der Waals surface area contributed by atoms with Crippen LogP contribution >= 0.6 is 0 Å². The van der Waals surface area contributed by atoms with Crippen LogP contribution in [0.2, 0.25) is 0 Å². The third kappa shape index (κ3) is 5.08. The maximum Gasteiger partial charge on any atom is 0.238 e. The lowest BCUT2D eigenvalue weighted by Gasteiger charge is -2.21. The van der Waals surface area contributed by atoms with E-state index in [0.717, 1.165) is 49.7 Å². The second-order valence-corrected chi connectivity index (χ2v) is 16.1. The molecule has 0 atom stereocenters. The molecule has 12 rings (SSSR count). The van der Waals surface area contributed by atoms with E-state index < -0.39 is 0 Å². The molecule has 0 bridgehead atoms. The fraction of sp³-hybridized carbons (Fsp3) is 0.0556. The highest BCUT2D eigenvalue weighted by Crippen LogP contribution is 2.49. The quantitative estimate of drug-likeness (QED) is 0.176. The maximum atomic E-state index is 5.38. The molecule has 0 amide bonds. The van der Waals surface area contributed by atoms with Crippen molar-refractivity contribution in [3.8, 4) is 56.7 Å². The Morgan fingerprint density at radius 3 is 1.69 bits per heavy atom. The Morgan fingerprint density at radius 2 is 0.915 bits per heavy atom. The van der Waals surface area contributed by atoms with Crippen LogP contribution in [0.1, 0.15) is 25.0 Å². The number of para-hydroxylation sites is 3. The summed E-state index contributed by atoms with van der Waals surface area (Å²) < 4.78 is 4.55. The smallest absolute Gasteiger partial charge is 0.238 e. The van der Waals surface area contributed by atoms with Crippen LogP contribution in [0.25, 0.3) is 100 Å². The first-order valence-corrected chi connectivity index (χ1v) is 20.2. The van der Waals surface area contributed by atoms with Crippen molar-refractivity contribution < 1.29 is 0 Å². The van der Waals surface area contributed by atoms with Gasteiger partial charge < -0.3 is 4.57 Å². The Labute approximate surface area is 341 Å². The summed E-state index contributed by atoms with van der Waals surface area (Å²) in [7, 11) is 0. The normalized spacial score (nSPS) is 13.1. The number of hydrogen-bond donors (Lipinski definition) is 0. The number of hydrogen-bond acceptors (Lipinski definition) is 3. The van der Waals surface area contributed by atoms with Gasteiger partial charge in [0.1, 0.15) is 0 Å². The molecular weight excluding hydrogens is 719 g/mol. The van der Waals surface area contributed by atoms with E-state index in [1.54, 1.807) is 0 Å². The Morgan fingerprint density at radius 1 is 0.356 bits per heavy atom. The molecule has 0 unspecified atom stereocenters. The van der Waals surface area contributed by atoms with Gasteiger partial charge in [-0.3, -0.25) is 4.57 Å². The highest BCUT2D eigenvalue weighted by molar-refractivity contribution is 6.11. The number of nitrogens with zero attached hydrogens (tertiary/aromatic N) is 5. The Bertz CT molecular complexity index is 3470. The van der Waals surface area contributed by atoms with Crippen LogP contribution in [0.15, 0.2) is 188 Å². The van der Waals surface area contributed by atoms with E-state index in [-0.39, 0.29) is 5.41 Å². The largest absolute Gasteiger partial charge is 0.309 e. The van der Waals surface area contributed by atoms with Crippen LogP contribution in [0.5, 0.6) is 0 Å². The summed E-state index contributed by atoms with van der Waals surface area (Å²) in [5.41, 5.74) is 14.7. The molecule has 278 valence electrons. The van der Waals surface area contributed by atoms with Gasteiger partial charge in [-0.2, -0.15) is 9.97 Å². The first kappa shape index (κ1) is 33.5. The molecular formula is C54H37N5. The van der Waals surface area contributed by atoms with Crippen molar-refractivity contribution in [2.75, 3.05) is 0 Å². The Hall–Kier alpha value is -7.63. The van der Waals surface area contributed by atoms with Gasteiger partial charge in [0.05, 0.1) is 22.1 Å². The molecule has 3 heterocycles. The molecule has 1 aliphatic carbocycles. The van der Waals surface area contributed by atoms with Crippen LogP contribution < -0.4 is 0 Å². The zero-order valence-corrected chi connectivity index (χ0v) is 32.6. The molecule has 1 aliphatic rings. The lowest BCUT2D eigenvalue weighted by Crippen LogP contribution is -2.15. The number of rotatable bonds is 5. The average Bonchev–Trinajstić information content (AvgIpc) is 3.89. The summed E-state index contributed by atoms with van der Waals surface area (Å²) in [6.45, 7) is 4.63. The van der Waals surface area contributed by atoms with E-state index in [1.807, 2.05) is 0 Å². The SMILES string of the molecule is CC1(C)c2ccccc2-c2ccc(-c3nc(-c4ccc5c6ccccc6n(-c6ccccc6)c5c4)nc(-n4c5ccccc5c5cc(-c6ccccc6)ccc54)n3)cc21. The molecule has 0 aliphatic heterocycles. The van der Waals surface area contributed by atoms with Crippen molar-refractivity contribution >= 4 is 43.6 Å². The third-order valence-electron chi connectivity index (χ3n) is 12.4. The molecule has 0 saturated carbocycles. The summed E-state index contributed by atoms with van der Waals surface area (Å²) in [5, 5.41) is 4.68. The van der Waals surface area contributed by atoms with Crippen molar-refractivity contribution in [1.29, 1.82) is 0 Å². The van der Waals surface area contributed by atoms with Gasteiger partial charge in [0.2, 0.25) is 5.95 Å². The second kappa shape index (κ2) is 12.7. The predicted molar refractivity (Wildman–Crippen MR) is 242 cm³/mol. The van der Waals surface area contributed by atoms with Gasteiger partial charge in [-0.05, 0) is 81.9 Å². The molecule has 5 nitrogen and oxygen atoms in total. The zero-order valence-electron chi connectivity index (χ0n) is 32.6. The second-order valence-electron chi connectivity index (χ2n) is 16.1. The fourth-order valence-corrected chi connectivity index (χ4v) is 9.53. The summed E-state index contributed by atoms with van der Waals surface area (Å²) in [6.07, 6.45) is 0. The number of fused-ring (bicyclic) bond motifs is 9. The van der Waals surface area contributed by atoms with E-state index in [0.29, 0.717) is 17.6 Å². The van der Waals surface area contributed by atoms with Crippen LogP contribution in [0.3, 0.4) is 0 Å². The Kier molecular flexibility index (Phi) is 7.20. The molecule has 11 aromatic rings. The van der Waals surface area contributed by atoms with Crippen molar-refractivity contribution in [1.82, 2.24) is 24.1 Å². The van der Waals surface area contributed by atoms with E-state index in [4.69, 9.17) is 15.0 Å². The van der Waals surface area contributed by atoms with Crippen molar-refractivity contribution in [2.45, 2.75) is 19.3 Å². The van der Waals surface area contributed by atoms with Gasteiger partial charge in [0.25, 0.3) is 0 Å². The van der Waals surface area contributed by atoms with E-state index in [2.05, 4.69) is 211 Å². The van der Waals surface area contributed by atoms with E-state index >= 15 is 0 Å². The van der Waals surface area contributed by atoms with Gasteiger partial charge in [-0.1, -0.05) is 153 Å². The molecule has 0 saturated heterocycles. The van der Waals surface area contributed by atoms with Gasteiger partial charge in [0.15, 0.2) is 11.6 Å². The molecule has 3 aromatic heterocycles. The highest BCUT2D eigenvalue weighted by Gasteiger charge is 2.35. The number of benzene rings is 8. The Balaban J connectivity index is 1.11. The monoisotopic (exact) mass is 755 g/mol. The molecule has 59 heavy (non-hydrogen) atoms. The van der Waals surface area contributed by atoms with Crippen molar-refractivity contribution in [3.05, 3.63) is 199 Å². The van der Waals surface area contributed by atoms with Gasteiger partial charge in [-0.25, -0.2) is 4.98 Å².